The van der Waals surface area contributed by atoms with Gasteiger partial charge in [-0.2, -0.15) is 0 Å². The number of aromatic nitrogens is 1. The van der Waals surface area contributed by atoms with Crippen LogP contribution >= 0.6 is 11.3 Å². The van der Waals surface area contributed by atoms with Crippen LogP contribution in [0.2, 0.25) is 0 Å². The summed E-state index contributed by atoms with van der Waals surface area (Å²) in [7, 11) is 0. The summed E-state index contributed by atoms with van der Waals surface area (Å²) < 4.78 is 11.3. The van der Waals surface area contributed by atoms with Gasteiger partial charge in [0.05, 0.1) is 17.5 Å². The molecule has 2 N–H and O–H groups in total. The predicted octanol–water partition coefficient (Wildman–Crippen LogP) is 3.01. The quantitative estimate of drug-likeness (QED) is 0.758. The van der Waals surface area contributed by atoms with Crippen molar-refractivity contribution in [2.75, 3.05) is 0 Å². The van der Waals surface area contributed by atoms with Gasteiger partial charge >= 0.3 is 0 Å². The van der Waals surface area contributed by atoms with E-state index in [1.54, 1.807) is 23.6 Å². The molecule has 1 amide bonds. The smallest absolute Gasteiger partial charge is 0.232 e. The zero-order valence-electron chi connectivity index (χ0n) is 11.7. The van der Waals surface area contributed by atoms with E-state index in [0.29, 0.717) is 11.6 Å². The molecule has 2 heterocycles. The highest BCUT2D eigenvalue weighted by Gasteiger charge is 2.10. The molecule has 0 saturated carbocycles. The zero-order chi connectivity index (χ0) is 15.4. The molecular weight excluding hydrogens is 300 g/mol. The normalized spacial score (nSPS) is 10.5. The Balaban J connectivity index is 1.69. The molecule has 5 nitrogen and oxygen atoms in total. The van der Waals surface area contributed by atoms with Gasteiger partial charge in [0, 0.05) is 5.56 Å². The fraction of sp³-hybridized carbons (Fsp3) is 0.125. The van der Waals surface area contributed by atoms with Crippen LogP contribution < -0.4 is 10.5 Å². The second kappa shape index (κ2) is 6.44. The molecule has 3 aromatic rings. The van der Waals surface area contributed by atoms with Crippen LogP contribution in [0, 0.1) is 0 Å². The van der Waals surface area contributed by atoms with Gasteiger partial charge in [0.2, 0.25) is 11.8 Å². The van der Waals surface area contributed by atoms with Crippen molar-refractivity contribution in [3.05, 3.63) is 59.4 Å². The molecule has 0 bridgehead atoms. The lowest BCUT2D eigenvalue weighted by molar-refractivity contribution is -0.117. The van der Waals surface area contributed by atoms with Crippen LogP contribution in [0.4, 0.5) is 0 Å². The first-order valence-corrected chi connectivity index (χ1v) is 7.58. The molecule has 0 saturated heterocycles. The van der Waals surface area contributed by atoms with E-state index in [1.165, 1.54) is 0 Å². The first-order valence-electron chi connectivity index (χ1n) is 6.70. The van der Waals surface area contributed by atoms with Crippen LogP contribution in [0.1, 0.15) is 11.5 Å². The third kappa shape index (κ3) is 3.35. The van der Waals surface area contributed by atoms with Crippen molar-refractivity contribution in [3.63, 3.8) is 0 Å². The first-order chi connectivity index (χ1) is 10.7. The molecule has 0 spiro atoms. The van der Waals surface area contributed by atoms with Crippen molar-refractivity contribution in [1.29, 1.82) is 0 Å². The molecular formula is C16H14N2O3S. The largest absolute Gasteiger partial charge is 0.484 e. The number of primary amides is 1. The van der Waals surface area contributed by atoms with Crippen LogP contribution in [-0.2, 0) is 17.8 Å². The van der Waals surface area contributed by atoms with Gasteiger partial charge in [0.15, 0.2) is 12.4 Å². The number of oxazole rings is 1. The van der Waals surface area contributed by atoms with E-state index in [4.69, 9.17) is 14.9 Å². The second-order valence-electron chi connectivity index (χ2n) is 4.64. The number of carbonyl (C=O) groups is 1. The third-order valence-electron chi connectivity index (χ3n) is 3.01. The number of nitrogens with two attached hydrogens (primary N) is 1. The van der Waals surface area contributed by atoms with Crippen molar-refractivity contribution in [2.45, 2.75) is 13.0 Å². The van der Waals surface area contributed by atoms with E-state index in [-0.39, 0.29) is 13.0 Å². The Bertz CT molecular complexity index is 765. The average Bonchev–Trinajstić information content (AvgIpc) is 3.17. The van der Waals surface area contributed by atoms with Gasteiger partial charge in [-0.15, -0.1) is 11.3 Å². The van der Waals surface area contributed by atoms with E-state index < -0.39 is 5.91 Å². The minimum absolute atomic E-state index is 0.141. The Morgan fingerprint density at radius 2 is 2.14 bits per heavy atom. The Morgan fingerprint density at radius 1 is 1.27 bits per heavy atom. The zero-order valence-corrected chi connectivity index (χ0v) is 12.5. The lowest BCUT2D eigenvalue weighted by Gasteiger charge is -2.08. The molecule has 1 aromatic carbocycles. The number of para-hydroxylation sites is 1. The summed E-state index contributed by atoms with van der Waals surface area (Å²) in [6.07, 6.45) is 1.82. The first kappa shape index (κ1) is 14.3. The molecule has 112 valence electrons. The number of ether oxygens (including phenoxy) is 1. The number of amides is 1. The minimum atomic E-state index is -0.396. The fourth-order valence-corrected chi connectivity index (χ4v) is 2.70. The van der Waals surface area contributed by atoms with Crippen molar-refractivity contribution in [1.82, 2.24) is 4.98 Å². The molecule has 0 atom stereocenters. The van der Waals surface area contributed by atoms with E-state index in [1.807, 2.05) is 35.7 Å². The number of nitrogens with zero attached hydrogens (tertiary/aromatic N) is 1. The summed E-state index contributed by atoms with van der Waals surface area (Å²) in [5, 5.41) is 1.98. The summed E-state index contributed by atoms with van der Waals surface area (Å²) in [4.78, 5) is 16.3. The van der Waals surface area contributed by atoms with Gasteiger partial charge in [0.25, 0.3) is 0 Å². The van der Waals surface area contributed by atoms with Crippen LogP contribution in [0.25, 0.3) is 10.6 Å². The van der Waals surface area contributed by atoms with Crippen molar-refractivity contribution in [3.8, 4) is 16.4 Å². The van der Waals surface area contributed by atoms with Gasteiger partial charge in [-0.3, -0.25) is 4.79 Å². The van der Waals surface area contributed by atoms with Gasteiger partial charge < -0.3 is 14.9 Å². The Labute approximate surface area is 131 Å². The van der Waals surface area contributed by atoms with E-state index >= 15 is 0 Å². The van der Waals surface area contributed by atoms with Gasteiger partial charge in [-0.25, -0.2) is 4.98 Å². The average molecular weight is 314 g/mol. The fourth-order valence-electron chi connectivity index (χ4n) is 2.03. The van der Waals surface area contributed by atoms with Crippen LogP contribution in [0.5, 0.6) is 5.75 Å². The molecule has 0 aliphatic carbocycles. The monoisotopic (exact) mass is 314 g/mol. The number of carbonyl (C=O) groups excluding carboxylic acids is 1. The summed E-state index contributed by atoms with van der Waals surface area (Å²) >= 11 is 1.59. The summed E-state index contributed by atoms with van der Waals surface area (Å²) in [5.41, 5.74) is 5.98. The number of benzene rings is 1. The van der Waals surface area contributed by atoms with Gasteiger partial charge in [-0.1, -0.05) is 24.3 Å². The Morgan fingerprint density at radius 3 is 2.91 bits per heavy atom. The van der Waals surface area contributed by atoms with Crippen molar-refractivity contribution >= 4 is 17.2 Å². The highest BCUT2D eigenvalue weighted by atomic mass is 32.1. The number of rotatable bonds is 6. The van der Waals surface area contributed by atoms with Gasteiger partial charge in [0.1, 0.15) is 5.75 Å². The molecule has 22 heavy (non-hydrogen) atoms. The molecule has 0 aliphatic rings. The maximum Gasteiger partial charge on any atom is 0.232 e. The van der Waals surface area contributed by atoms with E-state index in [9.17, 15) is 4.79 Å². The summed E-state index contributed by atoms with van der Waals surface area (Å²) in [6.45, 7) is 0.196. The molecule has 6 heteroatoms. The second-order valence-corrected chi connectivity index (χ2v) is 5.58. The summed E-state index contributed by atoms with van der Waals surface area (Å²) in [6, 6.07) is 11.2. The molecule has 2 aromatic heterocycles. The molecule has 3 rings (SSSR count). The van der Waals surface area contributed by atoms with Gasteiger partial charge in [-0.05, 0) is 17.5 Å². The van der Waals surface area contributed by atoms with Crippen molar-refractivity contribution in [2.24, 2.45) is 5.73 Å². The molecule has 0 radical (unpaired) electrons. The van der Waals surface area contributed by atoms with E-state index in [2.05, 4.69) is 4.98 Å². The number of hydrogen-bond donors (Lipinski definition) is 1. The lowest BCUT2D eigenvalue weighted by Crippen LogP contribution is -2.14. The predicted molar refractivity (Wildman–Crippen MR) is 83.5 cm³/mol. The third-order valence-corrected chi connectivity index (χ3v) is 3.89. The van der Waals surface area contributed by atoms with Crippen LogP contribution in [0.3, 0.4) is 0 Å². The maximum absolute atomic E-state index is 11.1. The van der Waals surface area contributed by atoms with E-state index in [0.717, 1.165) is 16.2 Å². The molecule has 0 aliphatic heterocycles. The molecule has 0 unspecified atom stereocenters. The lowest BCUT2D eigenvalue weighted by atomic mass is 10.1. The Hall–Kier alpha value is -2.60. The minimum Gasteiger partial charge on any atom is -0.484 e. The van der Waals surface area contributed by atoms with Crippen LogP contribution in [0.15, 0.2) is 52.4 Å². The maximum atomic E-state index is 11.1. The Kier molecular flexibility index (Phi) is 4.20. The van der Waals surface area contributed by atoms with Crippen molar-refractivity contribution < 1.29 is 13.9 Å². The van der Waals surface area contributed by atoms with Crippen LogP contribution in [-0.4, -0.2) is 10.9 Å². The SMILES string of the molecule is NC(=O)Cc1ccccc1OCc1ncc(-c2cccs2)o1. The standard InChI is InChI=1S/C16H14N2O3S/c17-15(19)8-11-4-1-2-5-12(11)20-10-16-18-9-13(21-16)14-6-3-7-22-14/h1-7,9H,8,10H2,(H2,17,19). The highest BCUT2D eigenvalue weighted by Crippen LogP contribution is 2.26. The number of hydrogen-bond acceptors (Lipinski definition) is 5. The highest BCUT2D eigenvalue weighted by molar-refractivity contribution is 7.13. The molecule has 0 fully saturated rings. The summed E-state index contributed by atoms with van der Waals surface area (Å²) in [5.74, 6) is 1.42. The number of thiophene rings is 1. The topological polar surface area (TPSA) is 78.4 Å².